The van der Waals surface area contributed by atoms with E-state index in [1.165, 1.54) is 12.1 Å². The van der Waals surface area contributed by atoms with Crippen LogP contribution in [0.1, 0.15) is 17.0 Å². The molecule has 0 aromatic heterocycles. The summed E-state index contributed by atoms with van der Waals surface area (Å²) in [6.07, 6.45) is 0. The van der Waals surface area contributed by atoms with Gasteiger partial charge >= 0.3 is 5.43 Å². The smallest absolute Gasteiger partial charge is 0.403 e. The number of benzene rings is 2. The quantitative estimate of drug-likeness (QED) is 0.544. The summed E-state index contributed by atoms with van der Waals surface area (Å²) in [5.41, 5.74) is 0.626. The average molecular weight is 417 g/mol. The maximum absolute atomic E-state index is 11.3. The summed E-state index contributed by atoms with van der Waals surface area (Å²) in [5.74, 6) is -0.786. The van der Waals surface area contributed by atoms with Gasteiger partial charge in [-0.15, -0.1) is 0 Å². The normalized spacial score (nSPS) is 14.0. The topological polar surface area (TPSA) is 141 Å². The third-order valence-electron chi connectivity index (χ3n) is 4.03. The van der Waals surface area contributed by atoms with Gasteiger partial charge < -0.3 is 13.8 Å². The molecule has 8 nitrogen and oxygen atoms in total. The maximum Gasteiger partial charge on any atom is 0.403 e. The molecule has 0 aliphatic heterocycles. The number of fused-ring (bicyclic) bond motifs is 3. The Balaban J connectivity index is 2.20. The minimum Gasteiger partial charge on any atom is -0.744 e. The summed E-state index contributed by atoms with van der Waals surface area (Å²) >= 11 is 5.17. The van der Waals surface area contributed by atoms with E-state index >= 15 is 0 Å². The van der Waals surface area contributed by atoms with Crippen LogP contribution in [0.2, 0.25) is 0 Å². The molecule has 0 unspecified atom stereocenters. The van der Waals surface area contributed by atoms with Crippen LogP contribution in [0.15, 0.2) is 46.2 Å². The first-order chi connectivity index (χ1) is 12.0. The van der Waals surface area contributed by atoms with Gasteiger partial charge in [0.15, 0.2) is 0 Å². The minimum absolute atomic E-state index is 0.326. The second-order valence-electron chi connectivity index (χ2n) is 5.51. The molecule has 11 heteroatoms. The van der Waals surface area contributed by atoms with E-state index in [0.717, 1.165) is 24.3 Å². The molecule has 0 saturated carbocycles. The Bertz CT molecular complexity index is 1040. The summed E-state index contributed by atoms with van der Waals surface area (Å²) in [7, 11) is -9.46. The van der Waals surface area contributed by atoms with Gasteiger partial charge in [0.2, 0.25) is 0 Å². The highest BCUT2D eigenvalue weighted by atomic mass is 35.5. The number of rotatable bonds is 4. The zero-order valence-corrected chi connectivity index (χ0v) is 15.1. The van der Waals surface area contributed by atoms with Crippen molar-refractivity contribution in [1.82, 2.24) is 0 Å². The zero-order valence-electron chi connectivity index (χ0n) is 12.7. The predicted molar refractivity (Wildman–Crippen MR) is 86.8 cm³/mol. The zero-order chi connectivity index (χ0) is 19.3. The second kappa shape index (κ2) is 6.32. The monoisotopic (exact) mass is 416 g/mol. The number of halogens is 1. The molecule has 0 bridgehead atoms. The van der Waals surface area contributed by atoms with E-state index in [2.05, 4.69) is 0 Å². The Hall–Kier alpha value is -1.98. The van der Waals surface area contributed by atoms with Crippen molar-refractivity contribution in [3.8, 4) is 11.1 Å². The summed E-state index contributed by atoms with van der Waals surface area (Å²) in [5, 5.41) is 0. The summed E-state index contributed by atoms with van der Waals surface area (Å²) in [6.45, 7) is -0.326. The lowest BCUT2D eigenvalue weighted by Gasteiger charge is -2.15. The fourth-order valence-corrected chi connectivity index (χ4v) is 4.03. The molecule has 2 aromatic carbocycles. The van der Waals surface area contributed by atoms with Crippen LogP contribution < -0.4 is 0 Å². The SMILES string of the molecule is O=C(Cl)OCC1c2cc(S(=O)(=O)[O-])ccc2-c2ccc(S(=O)(=O)[O-])cc21. The van der Waals surface area contributed by atoms with Crippen molar-refractivity contribution < 1.29 is 35.5 Å². The van der Waals surface area contributed by atoms with E-state index in [-0.39, 0.29) is 6.61 Å². The average Bonchev–Trinajstić information content (AvgIpc) is 2.83. The standard InChI is InChI=1S/C15H11ClO8S2/c16-15(17)24-7-14-12-5-8(25(18,19)20)1-3-10(12)11-4-2-9(6-13(11)14)26(21,22)23/h1-6,14H,7H2,(H,18,19,20)(H,21,22,23)/p-2. The van der Waals surface area contributed by atoms with Crippen molar-refractivity contribution >= 4 is 37.3 Å². The molecule has 0 amide bonds. The summed E-state index contributed by atoms with van der Waals surface area (Å²) < 4.78 is 72.4. The fraction of sp³-hybridized carbons (Fsp3) is 0.133. The van der Waals surface area contributed by atoms with Crippen LogP contribution in [0.4, 0.5) is 4.79 Å². The van der Waals surface area contributed by atoms with Crippen LogP contribution >= 0.6 is 11.6 Å². The highest BCUT2D eigenvalue weighted by Crippen LogP contribution is 2.46. The van der Waals surface area contributed by atoms with E-state index in [4.69, 9.17) is 16.3 Å². The summed E-state index contributed by atoms with van der Waals surface area (Å²) in [6, 6.07) is 7.31. The molecule has 0 heterocycles. The second-order valence-corrected chi connectivity index (χ2v) is 8.58. The van der Waals surface area contributed by atoms with Crippen molar-refractivity contribution in [3.63, 3.8) is 0 Å². The molecule has 0 saturated heterocycles. The third-order valence-corrected chi connectivity index (χ3v) is 5.80. The first-order valence-electron chi connectivity index (χ1n) is 7.01. The Kier molecular flexibility index (Phi) is 4.57. The van der Waals surface area contributed by atoms with Crippen LogP contribution in [-0.4, -0.2) is 38.0 Å². The highest BCUT2D eigenvalue weighted by Gasteiger charge is 2.31. The van der Waals surface area contributed by atoms with Crippen LogP contribution in [0.3, 0.4) is 0 Å². The van der Waals surface area contributed by atoms with E-state index in [9.17, 15) is 30.7 Å². The number of carbonyl (C=O) groups excluding carboxylic acids is 1. The summed E-state index contributed by atoms with van der Waals surface area (Å²) in [4.78, 5) is 9.96. The molecule has 0 radical (unpaired) electrons. The van der Waals surface area contributed by atoms with Gasteiger partial charge in [-0.05, 0) is 46.5 Å². The van der Waals surface area contributed by atoms with Crippen molar-refractivity contribution in [3.05, 3.63) is 47.5 Å². The van der Waals surface area contributed by atoms with Crippen LogP contribution in [0.5, 0.6) is 0 Å². The van der Waals surface area contributed by atoms with Crippen molar-refractivity contribution in [1.29, 1.82) is 0 Å². The van der Waals surface area contributed by atoms with Gasteiger partial charge in [0.25, 0.3) is 0 Å². The molecule has 3 rings (SSSR count). The molecule has 1 aliphatic carbocycles. The lowest BCUT2D eigenvalue weighted by Crippen LogP contribution is -2.10. The molecule has 0 N–H and O–H groups in total. The lowest BCUT2D eigenvalue weighted by atomic mass is 9.98. The lowest BCUT2D eigenvalue weighted by molar-refractivity contribution is 0.170. The minimum atomic E-state index is -4.73. The number of hydrogen-bond donors (Lipinski definition) is 0. The molecule has 0 spiro atoms. The maximum atomic E-state index is 11.3. The highest BCUT2D eigenvalue weighted by molar-refractivity contribution is 7.86. The first kappa shape index (κ1) is 18.8. The van der Waals surface area contributed by atoms with E-state index in [1.54, 1.807) is 0 Å². The van der Waals surface area contributed by atoms with Gasteiger partial charge in [-0.3, -0.25) is 0 Å². The van der Waals surface area contributed by atoms with E-state index in [0.29, 0.717) is 22.3 Å². The van der Waals surface area contributed by atoms with Crippen LogP contribution in [0.25, 0.3) is 11.1 Å². The largest absolute Gasteiger partial charge is 0.744 e. The molecule has 0 fully saturated rings. The van der Waals surface area contributed by atoms with Gasteiger partial charge in [-0.1, -0.05) is 12.1 Å². The van der Waals surface area contributed by atoms with E-state index < -0.39 is 41.4 Å². The Morgan fingerprint density at radius 3 is 1.69 bits per heavy atom. The van der Waals surface area contributed by atoms with Gasteiger partial charge in [0.05, 0.1) is 9.79 Å². The molecule has 26 heavy (non-hydrogen) atoms. The number of carbonyl (C=O) groups is 1. The first-order valence-corrected chi connectivity index (χ1v) is 10.2. The molecule has 2 aromatic rings. The van der Waals surface area contributed by atoms with Crippen molar-refractivity contribution in [2.45, 2.75) is 15.7 Å². The molecule has 0 atom stereocenters. The molecule has 138 valence electrons. The van der Waals surface area contributed by atoms with Gasteiger partial charge in [-0.25, -0.2) is 21.6 Å². The van der Waals surface area contributed by atoms with E-state index in [1.807, 2.05) is 0 Å². The van der Waals surface area contributed by atoms with Gasteiger partial charge in [0.1, 0.15) is 26.8 Å². The third kappa shape index (κ3) is 3.46. The fourth-order valence-electron chi connectivity index (χ4n) is 2.96. The van der Waals surface area contributed by atoms with Gasteiger partial charge in [-0.2, -0.15) is 0 Å². The number of ether oxygens (including phenoxy) is 1. The molecule has 1 aliphatic rings. The number of hydrogen-bond acceptors (Lipinski definition) is 8. The molecular weight excluding hydrogens is 408 g/mol. The van der Waals surface area contributed by atoms with Gasteiger partial charge in [0, 0.05) is 17.5 Å². The van der Waals surface area contributed by atoms with Crippen molar-refractivity contribution in [2.75, 3.05) is 6.61 Å². The molecular formula is C15H9ClO8S2-2. The Labute approximate surface area is 153 Å². The van der Waals surface area contributed by atoms with Crippen molar-refractivity contribution in [2.24, 2.45) is 0 Å². The Morgan fingerprint density at radius 1 is 0.923 bits per heavy atom. The Morgan fingerprint density at radius 2 is 1.35 bits per heavy atom. The van der Waals surface area contributed by atoms with Crippen LogP contribution in [-0.2, 0) is 25.0 Å². The predicted octanol–water partition coefficient (Wildman–Crippen LogP) is 1.98. The van der Waals surface area contributed by atoms with Crippen LogP contribution in [0, 0.1) is 0 Å².